The summed E-state index contributed by atoms with van der Waals surface area (Å²) in [4.78, 5) is 2.36. The maximum absolute atomic E-state index is 11.8. The van der Waals surface area contributed by atoms with E-state index in [0.717, 1.165) is 50.4 Å². The Morgan fingerprint density at radius 3 is 2.80 bits per heavy atom. The first kappa shape index (κ1) is 13.9. The van der Waals surface area contributed by atoms with E-state index in [4.69, 9.17) is 9.88 Å². The fourth-order valence-corrected chi connectivity index (χ4v) is 3.96. The molecule has 2 fully saturated rings. The lowest BCUT2D eigenvalue weighted by molar-refractivity contribution is 0.160. The van der Waals surface area contributed by atoms with Gasteiger partial charge in [0.1, 0.15) is 4.90 Å². The molecule has 1 spiro atoms. The summed E-state index contributed by atoms with van der Waals surface area (Å²) in [6.07, 6.45) is 2.10. The van der Waals surface area contributed by atoms with Gasteiger partial charge in [0.05, 0.1) is 12.3 Å². The Bertz CT molecular complexity index is 621. The maximum atomic E-state index is 11.8. The zero-order valence-electron chi connectivity index (χ0n) is 11.6. The van der Waals surface area contributed by atoms with Crippen molar-refractivity contribution in [2.75, 3.05) is 31.2 Å². The van der Waals surface area contributed by atoms with Gasteiger partial charge in [-0.2, -0.15) is 0 Å². The molecule has 1 atom stereocenters. The van der Waals surface area contributed by atoms with Gasteiger partial charge in [0.15, 0.2) is 0 Å². The van der Waals surface area contributed by atoms with Crippen LogP contribution in [-0.4, -0.2) is 34.7 Å². The van der Waals surface area contributed by atoms with Crippen molar-refractivity contribution in [2.24, 2.45) is 10.6 Å². The van der Waals surface area contributed by atoms with Crippen molar-refractivity contribution in [3.8, 4) is 0 Å². The van der Waals surface area contributed by atoms with Gasteiger partial charge >= 0.3 is 0 Å². The van der Waals surface area contributed by atoms with Crippen molar-refractivity contribution in [3.05, 3.63) is 23.8 Å². The van der Waals surface area contributed by atoms with E-state index in [9.17, 15) is 8.42 Å². The quantitative estimate of drug-likeness (QED) is 0.891. The SMILES string of the molecule is Cc1ccc(S(N)(=O)=O)c(N2CCC3(CCOC3)C2)c1. The largest absolute Gasteiger partial charge is 0.381 e. The summed E-state index contributed by atoms with van der Waals surface area (Å²) < 4.78 is 29.0. The number of rotatable bonds is 2. The number of anilines is 1. The minimum atomic E-state index is -3.70. The smallest absolute Gasteiger partial charge is 0.240 e. The third kappa shape index (κ3) is 2.43. The van der Waals surface area contributed by atoms with Gasteiger partial charge in [0.2, 0.25) is 10.0 Å². The molecule has 1 unspecified atom stereocenters. The van der Waals surface area contributed by atoms with Gasteiger partial charge in [0.25, 0.3) is 0 Å². The second-order valence-corrected chi connectivity index (χ2v) is 7.52. The van der Waals surface area contributed by atoms with Crippen LogP contribution < -0.4 is 10.0 Å². The Morgan fingerprint density at radius 2 is 2.15 bits per heavy atom. The summed E-state index contributed by atoms with van der Waals surface area (Å²) in [6.45, 7) is 5.25. The van der Waals surface area contributed by atoms with Crippen molar-refractivity contribution in [1.29, 1.82) is 0 Å². The maximum Gasteiger partial charge on any atom is 0.240 e. The van der Waals surface area contributed by atoms with Crippen molar-refractivity contribution in [2.45, 2.75) is 24.7 Å². The molecule has 6 heteroatoms. The molecule has 0 bridgehead atoms. The van der Waals surface area contributed by atoms with Gasteiger partial charge in [-0.3, -0.25) is 0 Å². The molecule has 0 radical (unpaired) electrons. The van der Waals surface area contributed by atoms with Crippen LogP contribution in [0.2, 0.25) is 0 Å². The molecule has 5 nitrogen and oxygen atoms in total. The van der Waals surface area contributed by atoms with Crippen LogP contribution in [0.1, 0.15) is 18.4 Å². The van der Waals surface area contributed by atoms with E-state index in [1.165, 1.54) is 0 Å². The van der Waals surface area contributed by atoms with E-state index in [2.05, 4.69) is 4.90 Å². The van der Waals surface area contributed by atoms with Crippen LogP contribution in [0, 0.1) is 12.3 Å². The normalized spacial score (nSPS) is 26.6. The predicted molar refractivity (Wildman–Crippen MR) is 77.3 cm³/mol. The zero-order valence-corrected chi connectivity index (χ0v) is 12.4. The number of benzene rings is 1. The molecular weight excluding hydrogens is 276 g/mol. The molecule has 2 saturated heterocycles. The average Bonchev–Trinajstić information content (AvgIpc) is 2.99. The predicted octanol–water partition coefficient (Wildman–Crippen LogP) is 1.26. The third-order valence-electron chi connectivity index (χ3n) is 4.38. The summed E-state index contributed by atoms with van der Waals surface area (Å²) in [5.74, 6) is 0. The van der Waals surface area contributed by atoms with E-state index < -0.39 is 10.0 Å². The monoisotopic (exact) mass is 296 g/mol. The fraction of sp³-hybridized carbons (Fsp3) is 0.571. The summed E-state index contributed by atoms with van der Waals surface area (Å²) >= 11 is 0. The number of primary sulfonamides is 1. The molecule has 1 aromatic rings. The number of nitrogens with zero attached hydrogens (tertiary/aromatic N) is 1. The molecule has 0 aliphatic carbocycles. The number of hydrogen-bond donors (Lipinski definition) is 1. The summed E-state index contributed by atoms with van der Waals surface area (Å²) in [7, 11) is -3.70. The minimum Gasteiger partial charge on any atom is -0.381 e. The van der Waals surface area contributed by atoms with Gasteiger partial charge in [-0.1, -0.05) is 6.07 Å². The fourth-order valence-electron chi connectivity index (χ4n) is 3.23. The van der Waals surface area contributed by atoms with Crippen molar-refractivity contribution < 1.29 is 13.2 Å². The lowest BCUT2D eigenvalue weighted by atomic mass is 9.87. The Morgan fingerprint density at radius 1 is 1.35 bits per heavy atom. The highest BCUT2D eigenvalue weighted by Crippen LogP contribution is 2.41. The van der Waals surface area contributed by atoms with Crippen LogP contribution in [-0.2, 0) is 14.8 Å². The number of ether oxygens (including phenoxy) is 1. The molecule has 1 aromatic carbocycles. The van der Waals surface area contributed by atoms with Crippen molar-refractivity contribution >= 4 is 15.7 Å². The van der Waals surface area contributed by atoms with E-state index in [1.54, 1.807) is 12.1 Å². The highest BCUT2D eigenvalue weighted by atomic mass is 32.2. The van der Waals surface area contributed by atoms with E-state index in [0.29, 0.717) is 0 Å². The molecule has 3 rings (SSSR count). The standard InChI is InChI=1S/C14H20N2O3S/c1-11-2-3-13(20(15,17)18)12(8-11)16-6-4-14(9-16)5-7-19-10-14/h2-3,8H,4-7,9-10H2,1H3,(H2,15,17,18). The topological polar surface area (TPSA) is 72.6 Å². The van der Waals surface area contributed by atoms with Gasteiger partial charge in [-0.05, 0) is 37.5 Å². The number of hydrogen-bond acceptors (Lipinski definition) is 4. The third-order valence-corrected chi connectivity index (χ3v) is 5.34. The molecule has 2 aliphatic heterocycles. The molecular formula is C14H20N2O3S. The first-order chi connectivity index (χ1) is 9.40. The minimum absolute atomic E-state index is 0.194. The summed E-state index contributed by atoms with van der Waals surface area (Å²) in [6, 6.07) is 5.30. The van der Waals surface area contributed by atoms with Crippen LogP contribution in [0.15, 0.2) is 23.1 Å². The Balaban J connectivity index is 1.96. The van der Waals surface area contributed by atoms with Crippen LogP contribution in [0.5, 0.6) is 0 Å². The van der Waals surface area contributed by atoms with Crippen molar-refractivity contribution in [3.63, 3.8) is 0 Å². The van der Waals surface area contributed by atoms with Gasteiger partial charge in [-0.25, -0.2) is 13.6 Å². The van der Waals surface area contributed by atoms with Crippen LogP contribution in [0.4, 0.5) is 5.69 Å². The Labute approximate surface area is 119 Å². The van der Waals surface area contributed by atoms with Gasteiger partial charge in [-0.15, -0.1) is 0 Å². The lowest BCUT2D eigenvalue weighted by Crippen LogP contribution is -2.29. The number of nitrogens with two attached hydrogens (primary N) is 1. The second kappa shape index (κ2) is 4.72. The Hall–Kier alpha value is -1.11. The average molecular weight is 296 g/mol. The van der Waals surface area contributed by atoms with Crippen molar-refractivity contribution in [1.82, 2.24) is 0 Å². The molecule has 0 aromatic heterocycles. The highest BCUT2D eigenvalue weighted by molar-refractivity contribution is 7.89. The van der Waals surface area contributed by atoms with E-state index >= 15 is 0 Å². The number of aryl methyl sites for hydroxylation is 1. The lowest BCUT2D eigenvalue weighted by Gasteiger charge is -2.25. The summed E-state index contributed by atoms with van der Waals surface area (Å²) in [5, 5.41) is 5.34. The van der Waals surface area contributed by atoms with Gasteiger partial charge in [0, 0.05) is 25.1 Å². The van der Waals surface area contributed by atoms with E-state index in [1.807, 2.05) is 13.0 Å². The molecule has 2 aliphatic rings. The first-order valence-electron chi connectivity index (χ1n) is 6.86. The molecule has 110 valence electrons. The molecule has 2 heterocycles. The molecule has 0 saturated carbocycles. The molecule has 20 heavy (non-hydrogen) atoms. The molecule has 0 amide bonds. The van der Waals surface area contributed by atoms with Gasteiger partial charge < -0.3 is 9.64 Å². The summed E-state index contributed by atoms with van der Waals surface area (Å²) in [5.41, 5.74) is 1.96. The second-order valence-electron chi connectivity index (χ2n) is 5.99. The Kier molecular flexibility index (Phi) is 3.27. The van der Waals surface area contributed by atoms with Crippen LogP contribution >= 0.6 is 0 Å². The molecule has 2 N–H and O–H groups in total. The van der Waals surface area contributed by atoms with Crippen LogP contribution in [0.25, 0.3) is 0 Å². The first-order valence-corrected chi connectivity index (χ1v) is 8.41. The van der Waals surface area contributed by atoms with Crippen LogP contribution in [0.3, 0.4) is 0 Å². The zero-order chi connectivity index (χ0) is 14.4. The number of sulfonamides is 1. The highest BCUT2D eigenvalue weighted by Gasteiger charge is 2.42. The van der Waals surface area contributed by atoms with E-state index in [-0.39, 0.29) is 10.3 Å².